The zero-order valence-electron chi connectivity index (χ0n) is 11.8. The molecule has 19 heavy (non-hydrogen) atoms. The summed E-state index contributed by atoms with van der Waals surface area (Å²) < 4.78 is 17.2. The lowest BCUT2D eigenvalue weighted by molar-refractivity contribution is 0.00578. The molecular formula is C14H18BNO3. The van der Waals surface area contributed by atoms with E-state index in [0.717, 1.165) is 5.46 Å². The van der Waals surface area contributed by atoms with Crippen LogP contribution in [0.1, 0.15) is 27.7 Å². The van der Waals surface area contributed by atoms with E-state index in [1.807, 2.05) is 58.0 Å². The van der Waals surface area contributed by atoms with Gasteiger partial charge in [0.2, 0.25) is 0 Å². The third-order valence-corrected chi connectivity index (χ3v) is 3.69. The number of ether oxygens (including phenoxy) is 1. The number of nitriles is 1. The lowest BCUT2D eigenvalue weighted by Crippen LogP contribution is -2.41. The third-order valence-electron chi connectivity index (χ3n) is 3.69. The summed E-state index contributed by atoms with van der Waals surface area (Å²) in [6, 6.07) is 9.40. The van der Waals surface area contributed by atoms with E-state index in [9.17, 15) is 0 Å². The van der Waals surface area contributed by atoms with Gasteiger partial charge in [-0.15, -0.1) is 0 Å². The molecule has 1 aliphatic rings. The molecule has 0 radical (unpaired) electrons. The fourth-order valence-electron chi connectivity index (χ4n) is 1.85. The molecule has 1 aromatic carbocycles. The lowest BCUT2D eigenvalue weighted by Gasteiger charge is -2.32. The second-order valence-electron chi connectivity index (χ2n) is 5.61. The molecule has 0 N–H and O–H groups in total. The van der Waals surface area contributed by atoms with E-state index >= 15 is 0 Å². The molecular weight excluding hydrogens is 241 g/mol. The van der Waals surface area contributed by atoms with E-state index in [0.29, 0.717) is 5.75 Å². The Morgan fingerprint density at radius 1 is 1.21 bits per heavy atom. The molecule has 2 rings (SSSR count). The van der Waals surface area contributed by atoms with Gasteiger partial charge in [0.15, 0.2) is 6.61 Å². The Morgan fingerprint density at radius 3 is 2.42 bits per heavy atom. The van der Waals surface area contributed by atoms with Crippen molar-refractivity contribution in [3.63, 3.8) is 0 Å². The Morgan fingerprint density at radius 2 is 1.84 bits per heavy atom. The minimum atomic E-state index is -0.407. The molecule has 1 aliphatic heterocycles. The van der Waals surface area contributed by atoms with Crippen LogP contribution in [-0.4, -0.2) is 24.9 Å². The first-order valence-electron chi connectivity index (χ1n) is 6.31. The van der Waals surface area contributed by atoms with Crippen LogP contribution in [0.3, 0.4) is 0 Å². The van der Waals surface area contributed by atoms with Crippen LogP contribution in [-0.2, 0) is 9.31 Å². The molecule has 1 fully saturated rings. The fourth-order valence-corrected chi connectivity index (χ4v) is 1.85. The topological polar surface area (TPSA) is 51.5 Å². The minimum Gasteiger partial charge on any atom is -0.479 e. The third kappa shape index (κ3) is 2.75. The molecule has 0 aromatic heterocycles. The lowest BCUT2D eigenvalue weighted by atomic mass is 9.79. The van der Waals surface area contributed by atoms with Gasteiger partial charge in [0, 0.05) is 0 Å². The van der Waals surface area contributed by atoms with E-state index in [1.165, 1.54) is 0 Å². The molecule has 0 unspecified atom stereocenters. The number of rotatable bonds is 3. The maximum absolute atomic E-state index is 8.52. The molecule has 1 saturated heterocycles. The van der Waals surface area contributed by atoms with E-state index in [4.69, 9.17) is 19.3 Å². The predicted octanol–water partition coefficient (Wildman–Crippen LogP) is 1.89. The smallest absolute Gasteiger partial charge is 0.479 e. The minimum absolute atomic E-state index is 0.0345. The van der Waals surface area contributed by atoms with Gasteiger partial charge < -0.3 is 14.0 Å². The van der Waals surface area contributed by atoms with Gasteiger partial charge in [-0.25, -0.2) is 0 Å². The zero-order chi connectivity index (χ0) is 14.1. The Bertz CT molecular complexity index is 492. The molecule has 0 saturated carbocycles. The van der Waals surface area contributed by atoms with Crippen molar-refractivity contribution in [2.75, 3.05) is 6.61 Å². The average Bonchev–Trinajstić information content (AvgIpc) is 2.56. The number of hydrogen-bond donors (Lipinski definition) is 0. The highest BCUT2D eigenvalue weighted by atomic mass is 16.7. The van der Waals surface area contributed by atoms with Crippen molar-refractivity contribution in [1.82, 2.24) is 0 Å². The Balaban J connectivity index is 2.18. The van der Waals surface area contributed by atoms with Crippen molar-refractivity contribution in [2.45, 2.75) is 38.9 Å². The summed E-state index contributed by atoms with van der Waals surface area (Å²) in [5.74, 6) is 0.647. The largest absolute Gasteiger partial charge is 0.494 e. The van der Waals surface area contributed by atoms with Crippen LogP contribution in [0.4, 0.5) is 0 Å². The molecule has 1 heterocycles. The Labute approximate surface area is 114 Å². The number of benzene rings is 1. The van der Waals surface area contributed by atoms with Crippen LogP contribution < -0.4 is 10.2 Å². The summed E-state index contributed by atoms with van der Waals surface area (Å²) >= 11 is 0. The first-order chi connectivity index (χ1) is 8.86. The average molecular weight is 259 g/mol. The first kappa shape index (κ1) is 13.9. The molecule has 0 aliphatic carbocycles. The fraction of sp³-hybridized carbons (Fsp3) is 0.500. The number of nitrogens with zero attached hydrogens (tertiary/aromatic N) is 1. The van der Waals surface area contributed by atoms with Crippen LogP contribution in [0.15, 0.2) is 24.3 Å². The van der Waals surface area contributed by atoms with E-state index < -0.39 is 7.12 Å². The predicted molar refractivity (Wildman–Crippen MR) is 73.3 cm³/mol. The highest BCUT2D eigenvalue weighted by molar-refractivity contribution is 6.62. The quantitative estimate of drug-likeness (QED) is 0.778. The van der Waals surface area contributed by atoms with Crippen LogP contribution in [0.5, 0.6) is 5.75 Å². The highest BCUT2D eigenvalue weighted by Crippen LogP contribution is 2.36. The van der Waals surface area contributed by atoms with E-state index in [-0.39, 0.29) is 17.8 Å². The summed E-state index contributed by atoms with van der Waals surface area (Å²) in [5, 5.41) is 8.52. The monoisotopic (exact) mass is 259 g/mol. The number of hydrogen-bond acceptors (Lipinski definition) is 4. The van der Waals surface area contributed by atoms with E-state index in [2.05, 4.69) is 0 Å². The molecule has 1 aromatic rings. The Kier molecular flexibility index (Phi) is 3.57. The van der Waals surface area contributed by atoms with Crippen molar-refractivity contribution >= 4 is 12.6 Å². The van der Waals surface area contributed by atoms with Crippen LogP contribution >= 0.6 is 0 Å². The molecule has 4 nitrogen and oxygen atoms in total. The van der Waals surface area contributed by atoms with Crippen molar-refractivity contribution in [3.05, 3.63) is 24.3 Å². The normalized spacial score (nSPS) is 20.1. The summed E-state index contributed by atoms with van der Waals surface area (Å²) in [5.41, 5.74) is 0.177. The maximum Gasteiger partial charge on any atom is 0.494 e. The summed E-state index contributed by atoms with van der Waals surface area (Å²) in [6.07, 6.45) is 0. The van der Waals surface area contributed by atoms with Crippen molar-refractivity contribution in [1.29, 1.82) is 5.26 Å². The standard InChI is InChI=1S/C14H18BNO3/c1-13(2)14(3,4)19-15(18-13)11-6-5-7-12(10-11)17-9-8-16/h5-7,10H,9H2,1-4H3. The van der Waals surface area contributed by atoms with Crippen LogP contribution in [0.2, 0.25) is 0 Å². The molecule has 0 amide bonds. The molecule has 5 heteroatoms. The second kappa shape index (κ2) is 4.88. The van der Waals surface area contributed by atoms with E-state index in [1.54, 1.807) is 0 Å². The van der Waals surface area contributed by atoms with Crippen molar-refractivity contribution in [3.8, 4) is 11.8 Å². The summed E-state index contributed by atoms with van der Waals surface area (Å²) in [4.78, 5) is 0. The van der Waals surface area contributed by atoms with Gasteiger partial charge >= 0.3 is 7.12 Å². The van der Waals surface area contributed by atoms with Gasteiger partial charge in [-0.2, -0.15) is 5.26 Å². The van der Waals surface area contributed by atoms with Crippen molar-refractivity contribution < 1.29 is 14.0 Å². The van der Waals surface area contributed by atoms with Gasteiger partial charge in [0.1, 0.15) is 11.8 Å². The SMILES string of the molecule is CC1(C)OB(c2cccc(OCC#N)c2)OC1(C)C. The van der Waals surface area contributed by atoms with Gasteiger partial charge in [0.05, 0.1) is 11.2 Å². The zero-order valence-corrected chi connectivity index (χ0v) is 11.8. The second-order valence-corrected chi connectivity index (χ2v) is 5.61. The molecule has 0 bridgehead atoms. The first-order valence-corrected chi connectivity index (χ1v) is 6.31. The molecule has 100 valence electrons. The summed E-state index contributed by atoms with van der Waals surface area (Å²) in [7, 11) is -0.407. The Hall–Kier alpha value is -1.51. The van der Waals surface area contributed by atoms with Gasteiger partial charge in [0.25, 0.3) is 0 Å². The summed E-state index contributed by atoms with van der Waals surface area (Å²) in [6.45, 7) is 8.10. The molecule has 0 atom stereocenters. The van der Waals surface area contributed by atoms with Gasteiger partial charge in [-0.1, -0.05) is 12.1 Å². The van der Waals surface area contributed by atoms with Gasteiger partial charge in [-0.3, -0.25) is 0 Å². The molecule has 0 spiro atoms. The maximum atomic E-state index is 8.52. The van der Waals surface area contributed by atoms with Gasteiger partial charge in [-0.05, 0) is 45.3 Å². The van der Waals surface area contributed by atoms with Crippen LogP contribution in [0, 0.1) is 11.3 Å². The highest BCUT2D eigenvalue weighted by Gasteiger charge is 2.51. The van der Waals surface area contributed by atoms with Crippen molar-refractivity contribution in [2.24, 2.45) is 0 Å². The van der Waals surface area contributed by atoms with Crippen LogP contribution in [0.25, 0.3) is 0 Å².